The zero-order valence-corrected chi connectivity index (χ0v) is 29.5. The Morgan fingerprint density at radius 3 is 2.04 bits per heavy atom. The van der Waals surface area contributed by atoms with Crippen LogP contribution in [0.5, 0.6) is 5.88 Å². The summed E-state index contributed by atoms with van der Waals surface area (Å²) < 4.78 is 7.16. The molecule has 0 radical (unpaired) electrons. The summed E-state index contributed by atoms with van der Waals surface area (Å²) in [5.41, 5.74) is 6.21. The summed E-state index contributed by atoms with van der Waals surface area (Å²) in [6.07, 6.45) is 6.01. The molecule has 5 heterocycles. The number of hydrogen-bond acceptors (Lipinski definition) is 8. The number of rotatable bonds is 12. The topological polar surface area (TPSA) is 139 Å². The molecule has 0 unspecified atom stereocenters. The molecule has 3 aromatic heterocycles. The number of pyridine rings is 2. The lowest BCUT2D eigenvalue weighted by molar-refractivity contribution is -0.120. The Bertz CT molecular complexity index is 2190. The van der Waals surface area contributed by atoms with Crippen molar-refractivity contribution in [3.8, 4) is 39.4 Å². The van der Waals surface area contributed by atoms with Crippen molar-refractivity contribution in [3.05, 3.63) is 105 Å². The van der Waals surface area contributed by atoms with E-state index in [9.17, 15) is 14.4 Å². The number of methoxy groups -OCH3 is 1. The first-order chi connectivity index (χ1) is 24.8. The van der Waals surface area contributed by atoms with Gasteiger partial charge in [0, 0.05) is 96.9 Å². The highest BCUT2D eigenvalue weighted by Gasteiger charge is 2.22. The van der Waals surface area contributed by atoms with Crippen molar-refractivity contribution in [2.24, 2.45) is 0 Å². The molecule has 2 aliphatic heterocycles. The largest absolute Gasteiger partial charge is 0.481 e. The van der Waals surface area contributed by atoms with Crippen LogP contribution in [0.4, 0.5) is 0 Å². The highest BCUT2D eigenvalue weighted by atomic mass is 35.5. The molecule has 2 aromatic carbocycles. The number of benzene rings is 2. The minimum absolute atomic E-state index is 0.0607. The fraction of sp³-hybridized carbons (Fsp3) is 0.289. The molecule has 51 heavy (non-hydrogen) atoms. The summed E-state index contributed by atoms with van der Waals surface area (Å²) in [5, 5.41) is 13.5. The third-order valence-corrected chi connectivity index (χ3v) is 10.2. The summed E-state index contributed by atoms with van der Waals surface area (Å²) in [6.45, 7) is 2.15. The quantitative estimate of drug-likeness (QED) is 0.139. The monoisotopic (exact) mass is 725 g/mol. The number of amides is 2. The average molecular weight is 727 g/mol. The molecular weight excluding hydrogens is 689 g/mol. The molecule has 0 bridgehead atoms. The number of halogens is 2. The third kappa shape index (κ3) is 7.48. The van der Waals surface area contributed by atoms with E-state index in [0.29, 0.717) is 71.9 Å². The predicted octanol–water partition coefficient (Wildman–Crippen LogP) is 5.14. The molecule has 11 nitrogen and oxygen atoms in total. The fourth-order valence-corrected chi connectivity index (χ4v) is 7.32. The van der Waals surface area contributed by atoms with Gasteiger partial charge in [0.1, 0.15) is 5.65 Å². The maximum Gasteiger partial charge on any atom is 0.262 e. The zero-order valence-electron chi connectivity index (χ0n) is 28.0. The van der Waals surface area contributed by atoms with Gasteiger partial charge in [0.25, 0.3) is 5.56 Å². The van der Waals surface area contributed by atoms with Crippen LogP contribution >= 0.6 is 23.2 Å². The maximum atomic E-state index is 13.3. The number of nitrogens with zero attached hydrogens (tertiary/aromatic N) is 3. The van der Waals surface area contributed by atoms with Gasteiger partial charge < -0.3 is 26.0 Å². The lowest BCUT2D eigenvalue weighted by Crippen LogP contribution is -2.36. The number of carbonyl (C=O) groups excluding carboxylic acids is 2. The van der Waals surface area contributed by atoms with E-state index in [-0.39, 0.29) is 29.5 Å². The molecule has 13 heteroatoms. The Morgan fingerprint density at radius 2 is 1.41 bits per heavy atom. The number of ether oxygens (including phenoxy) is 1. The zero-order chi connectivity index (χ0) is 35.5. The smallest absolute Gasteiger partial charge is 0.262 e. The molecule has 2 saturated heterocycles. The van der Waals surface area contributed by atoms with Crippen LogP contribution in [-0.4, -0.2) is 58.5 Å². The molecular formula is C38H37Cl2N7O4. The normalized spacial score (nSPS) is 17.2. The van der Waals surface area contributed by atoms with E-state index < -0.39 is 0 Å². The predicted molar refractivity (Wildman–Crippen MR) is 198 cm³/mol. The number of aromatic nitrogens is 3. The molecule has 2 amide bonds. The second-order valence-electron chi connectivity index (χ2n) is 12.8. The van der Waals surface area contributed by atoms with Gasteiger partial charge >= 0.3 is 0 Å². The summed E-state index contributed by atoms with van der Waals surface area (Å²) in [7, 11) is 1.59. The van der Waals surface area contributed by atoms with E-state index in [1.165, 1.54) is 4.40 Å². The van der Waals surface area contributed by atoms with Gasteiger partial charge in [-0.05, 0) is 36.6 Å². The number of carbonyl (C=O) groups is 2. The first kappa shape index (κ1) is 34.6. The van der Waals surface area contributed by atoms with Crippen molar-refractivity contribution in [2.45, 2.75) is 50.9 Å². The second kappa shape index (κ2) is 15.2. The van der Waals surface area contributed by atoms with Gasteiger partial charge in [-0.2, -0.15) is 0 Å². The first-order valence-corrected chi connectivity index (χ1v) is 17.7. The average Bonchev–Trinajstić information content (AvgIpc) is 3.76. The van der Waals surface area contributed by atoms with Crippen LogP contribution in [0.25, 0.3) is 39.2 Å². The van der Waals surface area contributed by atoms with Crippen molar-refractivity contribution >= 4 is 40.7 Å². The first-order valence-electron chi connectivity index (χ1n) is 16.9. The van der Waals surface area contributed by atoms with Crippen molar-refractivity contribution in [1.29, 1.82) is 0 Å². The van der Waals surface area contributed by atoms with Crippen molar-refractivity contribution < 1.29 is 14.3 Å². The minimum atomic E-state index is -0.161. The fourth-order valence-electron chi connectivity index (χ4n) is 6.66. The summed E-state index contributed by atoms with van der Waals surface area (Å²) in [5.74, 6) is 0.642. The molecule has 7 rings (SSSR count). The van der Waals surface area contributed by atoms with Gasteiger partial charge in [0.2, 0.25) is 17.7 Å². The van der Waals surface area contributed by atoms with Gasteiger partial charge in [-0.1, -0.05) is 65.7 Å². The third-order valence-electron chi connectivity index (χ3n) is 9.37. The molecule has 0 aliphatic carbocycles. The standard InChI is InChI=1S/C38H37Cl2N7O4/c1-51-37-23(17-41-20-25-9-12-33(48)44-25)8-11-31(46-37)30-7-3-6-29(36(30)40)28-5-2-4-27(35(28)39)22-14-15-47-32(16-22)43-19-24(38(47)50)18-42-21-26-10-13-34(49)45-26/h2-8,11,14-16,19,25-26,41-42H,9-10,12-13,17-18,20-21H2,1H3,(H,44,48)(H,45,49)/t25-,26-/m1/s1. The Hall–Kier alpha value is -4.81. The van der Waals surface area contributed by atoms with Crippen LogP contribution in [-0.2, 0) is 22.7 Å². The lowest BCUT2D eigenvalue weighted by atomic mass is 9.97. The highest BCUT2D eigenvalue weighted by Crippen LogP contribution is 2.42. The van der Waals surface area contributed by atoms with E-state index in [2.05, 4.69) is 26.3 Å². The SMILES string of the molecule is COc1nc(-c2cccc(-c3cccc(-c4ccn5c(=O)c(CNC[C@H]6CCC(=O)N6)cnc5c4)c3Cl)c2Cl)ccc1CNC[C@H]1CCC(=O)N1. The molecule has 5 aromatic rings. The second-order valence-corrected chi connectivity index (χ2v) is 13.6. The molecule has 4 N–H and O–H groups in total. The van der Waals surface area contributed by atoms with Gasteiger partial charge in [-0.25, -0.2) is 9.97 Å². The van der Waals surface area contributed by atoms with Crippen LogP contribution in [0.1, 0.15) is 36.8 Å². The van der Waals surface area contributed by atoms with E-state index >= 15 is 0 Å². The van der Waals surface area contributed by atoms with E-state index in [4.69, 9.17) is 32.9 Å². The molecule has 2 fully saturated rings. The summed E-state index contributed by atoms with van der Waals surface area (Å²) >= 11 is 14.2. The Labute approximate surface area is 304 Å². The lowest BCUT2D eigenvalue weighted by Gasteiger charge is -2.16. The Morgan fingerprint density at radius 1 is 0.804 bits per heavy atom. The number of nitrogens with one attached hydrogen (secondary N) is 4. The van der Waals surface area contributed by atoms with Crippen LogP contribution in [0.15, 0.2) is 77.9 Å². The number of fused-ring (bicyclic) bond motifs is 1. The van der Waals surface area contributed by atoms with Crippen molar-refractivity contribution in [1.82, 2.24) is 35.6 Å². The summed E-state index contributed by atoms with van der Waals surface area (Å²) in [6, 6.07) is 19.3. The van der Waals surface area contributed by atoms with Gasteiger partial charge in [0.15, 0.2) is 0 Å². The van der Waals surface area contributed by atoms with Gasteiger partial charge in [-0.3, -0.25) is 18.8 Å². The van der Waals surface area contributed by atoms with Crippen LogP contribution < -0.4 is 31.6 Å². The highest BCUT2D eigenvalue weighted by molar-refractivity contribution is 6.39. The number of hydrogen-bond donors (Lipinski definition) is 4. The van der Waals surface area contributed by atoms with E-state index in [0.717, 1.165) is 46.2 Å². The van der Waals surface area contributed by atoms with Crippen LogP contribution in [0, 0.1) is 0 Å². The minimum Gasteiger partial charge on any atom is -0.481 e. The van der Waals surface area contributed by atoms with Crippen molar-refractivity contribution in [2.75, 3.05) is 20.2 Å². The molecule has 2 aliphatic rings. The van der Waals surface area contributed by atoms with Gasteiger partial charge in [0.05, 0.1) is 22.8 Å². The van der Waals surface area contributed by atoms with E-state index in [1.54, 1.807) is 19.5 Å². The molecule has 2 atom stereocenters. The van der Waals surface area contributed by atoms with Crippen molar-refractivity contribution in [3.63, 3.8) is 0 Å². The summed E-state index contributed by atoms with van der Waals surface area (Å²) in [4.78, 5) is 45.6. The molecule has 0 saturated carbocycles. The molecule has 262 valence electrons. The van der Waals surface area contributed by atoms with Crippen LogP contribution in [0.3, 0.4) is 0 Å². The van der Waals surface area contributed by atoms with E-state index in [1.807, 2.05) is 60.7 Å². The maximum absolute atomic E-state index is 13.3. The molecule has 0 spiro atoms. The van der Waals surface area contributed by atoms with Gasteiger partial charge in [-0.15, -0.1) is 0 Å². The van der Waals surface area contributed by atoms with Crippen LogP contribution in [0.2, 0.25) is 10.0 Å². The Kier molecular flexibility index (Phi) is 10.3. The Balaban J connectivity index is 1.10.